The molecule has 4 N–H and O–H groups in total. The van der Waals surface area contributed by atoms with Crippen LogP contribution in [0.5, 0.6) is 0 Å². The minimum absolute atomic E-state index is 0.105. The normalized spacial score (nSPS) is 15.9. The zero-order chi connectivity index (χ0) is 28.6. The number of nitrogen functional groups attached to an aromatic ring is 1. The maximum absolute atomic E-state index is 13.3. The number of nitrogens with zero attached hydrogens (tertiary/aromatic N) is 5. The average Bonchev–Trinajstić information content (AvgIpc) is 3.44. The third kappa shape index (κ3) is 5.12. The zero-order valence-corrected chi connectivity index (χ0v) is 22.4. The summed E-state index contributed by atoms with van der Waals surface area (Å²) in [7, 11) is 0. The van der Waals surface area contributed by atoms with Crippen molar-refractivity contribution in [3.63, 3.8) is 0 Å². The molecule has 0 radical (unpaired) electrons. The van der Waals surface area contributed by atoms with Crippen LogP contribution in [0, 0.1) is 12.3 Å². The molecule has 0 aliphatic carbocycles. The molecule has 6 rings (SSSR count). The SMILES string of the molecule is C#Cc1ccc(-n2ncc3c(=O)n(CC4(O)CCN(C(O)c5ccc(-c6ccccc6N)cc5)CC4)cnc32)cc1. The summed E-state index contributed by atoms with van der Waals surface area (Å²) in [6.45, 7) is 1.05. The Labute approximate surface area is 237 Å². The average molecular weight is 547 g/mol. The quantitative estimate of drug-likeness (QED) is 0.221. The van der Waals surface area contributed by atoms with Crippen molar-refractivity contribution in [3.8, 4) is 29.2 Å². The number of anilines is 1. The topological polar surface area (TPSA) is 122 Å². The Morgan fingerprint density at radius 3 is 2.41 bits per heavy atom. The molecule has 0 saturated carbocycles. The lowest BCUT2D eigenvalue weighted by Gasteiger charge is -2.40. The van der Waals surface area contributed by atoms with E-state index in [-0.39, 0.29) is 12.1 Å². The van der Waals surface area contributed by atoms with Gasteiger partial charge < -0.3 is 15.9 Å². The van der Waals surface area contributed by atoms with E-state index in [0.29, 0.717) is 42.7 Å². The molecule has 3 heterocycles. The third-order valence-corrected chi connectivity index (χ3v) is 7.85. The number of aromatic nitrogens is 4. The standard InChI is InChI=1S/C32H30N6O3/c1-2-22-7-13-25(14-8-22)38-29-27(19-35-38)31(40)37(21-34-29)20-32(41)15-17-36(18-16-32)30(39)24-11-9-23(10-12-24)26-5-3-4-6-28(26)33/h1,3-14,19,21,30,39,41H,15-18,20,33H2. The second-order valence-corrected chi connectivity index (χ2v) is 10.5. The molecule has 0 spiro atoms. The van der Waals surface area contributed by atoms with Crippen molar-refractivity contribution in [2.45, 2.75) is 31.2 Å². The molecule has 0 bridgehead atoms. The Morgan fingerprint density at radius 1 is 1.02 bits per heavy atom. The molecule has 9 heteroatoms. The monoisotopic (exact) mass is 546 g/mol. The number of likely N-dealkylation sites (tertiary alicyclic amines) is 1. The molecule has 2 aromatic heterocycles. The molecular weight excluding hydrogens is 516 g/mol. The number of aliphatic hydroxyl groups excluding tert-OH is 1. The number of fused-ring (bicyclic) bond motifs is 1. The van der Waals surface area contributed by atoms with E-state index in [1.165, 1.54) is 17.1 Å². The lowest BCUT2D eigenvalue weighted by molar-refractivity contribution is -0.0824. The molecule has 1 aliphatic heterocycles. The van der Waals surface area contributed by atoms with Crippen LogP contribution in [0.4, 0.5) is 5.69 Å². The number of piperidine rings is 1. The summed E-state index contributed by atoms with van der Waals surface area (Å²) in [6, 6.07) is 22.6. The smallest absolute Gasteiger partial charge is 0.264 e. The predicted octanol–water partition coefficient (Wildman–Crippen LogP) is 3.33. The van der Waals surface area contributed by atoms with E-state index in [1.807, 2.05) is 65.6 Å². The Hall–Kier alpha value is -4.75. The van der Waals surface area contributed by atoms with Crippen molar-refractivity contribution in [1.29, 1.82) is 0 Å². The van der Waals surface area contributed by atoms with E-state index in [0.717, 1.165) is 27.9 Å². The van der Waals surface area contributed by atoms with Crippen LogP contribution in [0.25, 0.3) is 27.8 Å². The zero-order valence-electron chi connectivity index (χ0n) is 22.4. The van der Waals surface area contributed by atoms with E-state index < -0.39 is 11.8 Å². The molecule has 1 aliphatic rings. The van der Waals surface area contributed by atoms with Gasteiger partial charge >= 0.3 is 0 Å². The van der Waals surface area contributed by atoms with Crippen LogP contribution in [0.1, 0.15) is 30.2 Å². The van der Waals surface area contributed by atoms with Gasteiger partial charge in [0.1, 0.15) is 17.9 Å². The maximum Gasteiger partial charge on any atom is 0.264 e. The third-order valence-electron chi connectivity index (χ3n) is 7.85. The number of benzene rings is 3. The van der Waals surface area contributed by atoms with Gasteiger partial charge in [-0.2, -0.15) is 5.10 Å². The largest absolute Gasteiger partial charge is 0.398 e. The van der Waals surface area contributed by atoms with Crippen LogP contribution in [0.2, 0.25) is 0 Å². The second kappa shape index (κ2) is 10.7. The number of rotatable bonds is 6. The van der Waals surface area contributed by atoms with E-state index in [2.05, 4.69) is 16.0 Å². The molecule has 41 heavy (non-hydrogen) atoms. The van der Waals surface area contributed by atoms with Gasteiger partial charge in [0.2, 0.25) is 0 Å². The van der Waals surface area contributed by atoms with Crippen molar-refractivity contribution < 1.29 is 10.2 Å². The van der Waals surface area contributed by atoms with Gasteiger partial charge in [-0.15, -0.1) is 6.42 Å². The highest BCUT2D eigenvalue weighted by Crippen LogP contribution is 2.31. The Bertz CT molecular complexity index is 1790. The van der Waals surface area contributed by atoms with Crippen molar-refractivity contribution in [3.05, 3.63) is 107 Å². The summed E-state index contributed by atoms with van der Waals surface area (Å²) in [5.41, 5.74) is 10.1. The van der Waals surface area contributed by atoms with Gasteiger partial charge in [-0.05, 0) is 54.3 Å². The number of aliphatic hydroxyl groups is 2. The molecule has 1 atom stereocenters. The van der Waals surface area contributed by atoms with Crippen LogP contribution < -0.4 is 11.3 Å². The fraction of sp³-hybridized carbons (Fsp3) is 0.219. The van der Waals surface area contributed by atoms with Gasteiger partial charge in [-0.1, -0.05) is 48.4 Å². The fourth-order valence-electron chi connectivity index (χ4n) is 5.41. The van der Waals surface area contributed by atoms with Gasteiger partial charge in [-0.25, -0.2) is 9.67 Å². The minimum Gasteiger partial charge on any atom is -0.398 e. The van der Waals surface area contributed by atoms with Gasteiger partial charge in [0.05, 0.1) is 24.0 Å². The first-order chi connectivity index (χ1) is 19.8. The second-order valence-electron chi connectivity index (χ2n) is 10.5. The van der Waals surface area contributed by atoms with Crippen molar-refractivity contribution in [1.82, 2.24) is 24.2 Å². The van der Waals surface area contributed by atoms with Crippen molar-refractivity contribution in [2.75, 3.05) is 18.8 Å². The Kier molecular flexibility index (Phi) is 6.89. The first-order valence-corrected chi connectivity index (χ1v) is 13.4. The van der Waals surface area contributed by atoms with Crippen LogP contribution >= 0.6 is 0 Å². The summed E-state index contributed by atoms with van der Waals surface area (Å²) in [5, 5.41) is 27.1. The number of terminal acetylenes is 1. The maximum atomic E-state index is 13.3. The summed E-state index contributed by atoms with van der Waals surface area (Å²) in [4.78, 5) is 19.7. The van der Waals surface area contributed by atoms with E-state index in [1.54, 1.807) is 16.8 Å². The van der Waals surface area contributed by atoms with E-state index in [9.17, 15) is 15.0 Å². The molecule has 0 amide bonds. The first kappa shape index (κ1) is 26.5. The van der Waals surface area contributed by atoms with Gasteiger partial charge in [0.25, 0.3) is 5.56 Å². The highest BCUT2D eigenvalue weighted by molar-refractivity contribution is 5.76. The van der Waals surface area contributed by atoms with E-state index in [4.69, 9.17) is 12.2 Å². The van der Waals surface area contributed by atoms with Gasteiger partial charge in [-0.3, -0.25) is 14.3 Å². The van der Waals surface area contributed by atoms with Crippen LogP contribution in [0.3, 0.4) is 0 Å². The molecule has 9 nitrogen and oxygen atoms in total. The van der Waals surface area contributed by atoms with Crippen LogP contribution in [-0.4, -0.2) is 53.1 Å². The molecule has 1 unspecified atom stereocenters. The lowest BCUT2D eigenvalue weighted by atomic mass is 9.90. The summed E-state index contributed by atoms with van der Waals surface area (Å²) < 4.78 is 3.03. The van der Waals surface area contributed by atoms with Crippen LogP contribution in [-0.2, 0) is 6.54 Å². The first-order valence-electron chi connectivity index (χ1n) is 13.4. The Morgan fingerprint density at radius 2 is 1.73 bits per heavy atom. The summed E-state index contributed by atoms with van der Waals surface area (Å²) in [5.74, 6) is 2.58. The highest BCUT2D eigenvalue weighted by Gasteiger charge is 2.35. The van der Waals surface area contributed by atoms with E-state index >= 15 is 0 Å². The summed E-state index contributed by atoms with van der Waals surface area (Å²) >= 11 is 0. The Balaban J connectivity index is 1.13. The molecule has 3 aromatic carbocycles. The van der Waals surface area contributed by atoms with Crippen molar-refractivity contribution in [2.24, 2.45) is 0 Å². The molecular formula is C32H30N6O3. The fourth-order valence-corrected chi connectivity index (χ4v) is 5.41. The highest BCUT2D eigenvalue weighted by atomic mass is 16.3. The molecule has 1 saturated heterocycles. The lowest BCUT2D eigenvalue weighted by Crippen LogP contribution is -2.49. The number of para-hydroxylation sites is 1. The molecule has 5 aromatic rings. The van der Waals surface area contributed by atoms with Gasteiger partial charge in [0.15, 0.2) is 5.65 Å². The minimum atomic E-state index is -1.11. The summed E-state index contributed by atoms with van der Waals surface area (Å²) in [6.07, 6.45) is 8.39. The van der Waals surface area contributed by atoms with Crippen molar-refractivity contribution >= 4 is 16.7 Å². The number of nitrogens with two attached hydrogens (primary N) is 1. The number of hydrogen-bond donors (Lipinski definition) is 3. The predicted molar refractivity (Wildman–Crippen MR) is 158 cm³/mol. The molecule has 1 fully saturated rings. The number of hydrogen-bond acceptors (Lipinski definition) is 7. The van der Waals surface area contributed by atoms with Gasteiger partial charge in [0, 0.05) is 29.9 Å². The molecule has 206 valence electrons. The van der Waals surface area contributed by atoms with Crippen LogP contribution in [0.15, 0.2) is 90.1 Å².